The van der Waals surface area contributed by atoms with Crippen LogP contribution in [0.2, 0.25) is 0 Å². The van der Waals surface area contributed by atoms with E-state index in [0.29, 0.717) is 0 Å². The fraction of sp³-hybridized carbons (Fsp3) is 0.636. The minimum Gasteiger partial charge on any atom is -0.469 e. The molecule has 0 aromatic carbocycles. The standard InChI is InChI=1S/C11H16N2O2/c1-3-13-10-5-4-8(11(14)15-2)6-9(10)7-12-13/h7-8H,3-6H2,1-2H3/t8-/m0/s1. The molecule has 0 saturated heterocycles. The lowest BCUT2D eigenvalue weighted by Crippen LogP contribution is -2.24. The predicted octanol–water partition coefficient (Wildman–Crippen LogP) is 1.18. The van der Waals surface area contributed by atoms with E-state index in [1.165, 1.54) is 18.4 Å². The predicted molar refractivity (Wildman–Crippen MR) is 55.4 cm³/mol. The normalized spacial score (nSPS) is 19.7. The molecule has 1 heterocycles. The summed E-state index contributed by atoms with van der Waals surface area (Å²) in [5, 5.41) is 4.30. The maximum atomic E-state index is 11.4. The number of nitrogens with zero attached hydrogens (tertiary/aromatic N) is 2. The van der Waals surface area contributed by atoms with Crippen LogP contribution in [0.25, 0.3) is 0 Å². The number of aryl methyl sites for hydroxylation is 1. The molecular weight excluding hydrogens is 192 g/mol. The third kappa shape index (κ3) is 1.76. The van der Waals surface area contributed by atoms with E-state index in [-0.39, 0.29) is 11.9 Å². The maximum Gasteiger partial charge on any atom is 0.309 e. The van der Waals surface area contributed by atoms with Crippen molar-refractivity contribution in [1.29, 1.82) is 0 Å². The van der Waals surface area contributed by atoms with Gasteiger partial charge in [-0.2, -0.15) is 5.10 Å². The first-order chi connectivity index (χ1) is 7.26. The van der Waals surface area contributed by atoms with Crippen molar-refractivity contribution in [2.75, 3.05) is 7.11 Å². The number of methoxy groups -OCH3 is 1. The number of aromatic nitrogens is 2. The highest BCUT2D eigenvalue weighted by molar-refractivity contribution is 5.73. The van der Waals surface area contributed by atoms with Gasteiger partial charge in [0.25, 0.3) is 0 Å². The van der Waals surface area contributed by atoms with E-state index >= 15 is 0 Å². The highest BCUT2D eigenvalue weighted by Gasteiger charge is 2.27. The summed E-state index contributed by atoms with van der Waals surface area (Å²) < 4.78 is 6.79. The van der Waals surface area contributed by atoms with Gasteiger partial charge in [-0.25, -0.2) is 0 Å². The second kappa shape index (κ2) is 4.04. The number of fused-ring (bicyclic) bond motifs is 1. The number of rotatable bonds is 2. The Bertz CT molecular complexity index is 371. The van der Waals surface area contributed by atoms with E-state index in [1.807, 2.05) is 10.9 Å². The quantitative estimate of drug-likeness (QED) is 0.685. The van der Waals surface area contributed by atoms with E-state index in [1.54, 1.807) is 0 Å². The minimum absolute atomic E-state index is 0.0250. The lowest BCUT2D eigenvalue weighted by Gasteiger charge is -2.20. The Hall–Kier alpha value is -1.32. The van der Waals surface area contributed by atoms with E-state index in [0.717, 1.165) is 25.8 Å². The molecule has 0 radical (unpaired) electrons. The van der Waals surface area contributed by atoms with Gasteiger partial charge < -0.3 is 4.74 Å². The minimum atomic E-state index is -0.0927. The van der Waals surface area contributed by atoms with Crippen LogP contribution in [-0.2, 0) is 28.9 Å². The third-order valence-corrected chi connectivity index (χ3v) is 3.07. The van der Waals surface area contributed by atoms with Gasteiger partial charge in [-0.05, 0) is 31.7 Å². The van der Waals surface area contributed by atoms with Gasteiger partial charge in [-0.1, -0.05) is 0 Å². The van der Waals surface area contributed by atoms with Crippen LogP contribution < -0.4 is 0 Å². The van der Waals surface area contributed by atoms with Crippen molar-refractivity contribution in [3.05, 3.63) is 17.5 Å². The average molecular weight is 208 g/mol. The smallest absolute Gasteiger partial charge is 0.309 e. The second-order valence-corrected chi connectivity index (χ2v) is 3.90. The van der Waals surface area contributed by atoms with Crippen molar-refractivity contribution in [3.63, 3.8) is 0 Å². The summed E-state index contributed by atoms with van der Waals surface area (Å²) in [6.45, 7) is 2.98. The van der Waals surface area contributed by atoms with Gasteiger partial charge in [0, 0.05) is 12.2 Å². The van der Waals surface area contributed by atoms with Crippen LogP contribution in [0.4, 0.5) is 0 Å². The van der Waals surface area contributed by atoms with Gasteiger partial charge in [-0.3, -0.25) is 9.48 Å². The molecular formula is C11H16N2O2. The molecule has 1 aliphatic rings. The Labute approximate surface area is 89.2 Å². The van der Waals surface area contributed by atoms with E-state index < -0.39 is 0 Å². The first-order valence-electron chi connectivity index (χ1n) is 5.37. The molecule has 15 heavy (non-hydrogen) atoms. The summed E-state index contributed by atoms with van der Waals surface area (Å²) in [5.74, 6) is -0.0677. The molecule has 1 aromatic heterocycles. The summed E-state index contributed by atoms with van der Waals surface area (Å²) in [4.78, 5) is 11.4. The van der Waals surface area contributed by atoms with Crippen LogP contribution in [0.5, 0.6) is 0 Å². The van der Waals surface area contributed by atoms with Crippen molar-refractivity contribution >= 4 is 5.97 Å². The molecule has 1 aromatic rings. The Kier molecular flexibility index (Phi) is 2.75. The van der Waals surface area contributed by atoms with E-state index in [4.69, 9.17) is 4.74 Å². The van der Waals surface area contributed by atoms with Gasteiger partial charge in [-0.15, -0.1) is 0 Å². The van der Waals surface area contributed by atoms with E-state index in [2.05, 4.69) is 12.0 Å². The molecule has 0 saturated carbocycles. The monoisotopic (exact) mass is 208 g/mol. The van der Waals surface area contributed by atoms with Gasteiger partial charge in [0.15, 0.2) is 0 Å². The number of hydrogen-bond acceptors (Lipinski definition) is 3. The summed E-state index contributed by atoms with van der Waals surface area (Å²) in [7, 11) is 1.45. The molecule has 0 unspecified atom stereocenters. The summed E-state index contributed by atoms with van der Waals surface area (Å²) >= 11 is 0. The Morgan fingerprint density at radius 1 is 1.73 bits per heavy atom. The molecule has 82 valence electrons. The number of carbonyl (C=O) groups excluding carboxylic acids is 1. The molecule has 0 spiro atoms. The third-order valence-electron chi connectivity index (χ3n) is 3.07. The Morgan fingerprint density at radius 2 is 2.53 bits per heavy atom. The van der Waals surface area contributed by atoms with E-state index in [9.17, 15) is 4.79 Å². The fourth-order valence-corrected chi connectivity index (χ4v) is 2.23. The Morgan fingerprint density at radius 3 is 3.20 bits per heavy atom. The molecule has 0 aliphatic heterocycles. The highest BCUT2D eigenvalue weighted by atomic mass is 16.5. The van der Waals surface area contributed by atoms with Gasteiger partial charge in [0.05, 0.1) is 19.2 Å². The van der Waals surface area contributed by atoms with Crippen LogP contribution in [0.1, 0.15) is 24.6 Å². The largest absolute Gasteiger partial charge is 0.469 e. The lowest BCUT2D eigenvalue weighted by atomic mass is 9.88. The fourth-order valence-electron chi connectivity index (χ4n) is 2.23. The van der Waals surface area contributed by atoms with Crippen LogP contribution >= 0.6 is 0 Å². The molecule has 0 bridgehead atoms. The van der Waals surface area contributed by atoms with Crippen molar-refractivity contribution in [3.8, 4) is 0 Å². The molecule has 0 amide bonds. The molecule has 4 nitrogen and oxygen atoms in total. The first kappa shape index (κ1) is 10.2. The molecule has 0 fully saturated rings. The molecule has 1 aliphatic carbocycles. The molecule has 1 atom stereocenters. The van der Waals surface area contributed by atoms with Gasteiger partial charge >= 0.3 is 5.97 Å². The van der Waals surface area contributed by atoms with Crippen LogP contribution in [0, 0.1) is 5.92 Å². The average Bonchev–Trinajstić information content (AvgIpc) is 2.69. The zero-order chi connectivity index (χ0) is 10.8. The zero-order valence-corrected chi connectivity index (χ0v) is 9.19. The number of esters is 1. The Balaban J connectivity index is 2.17. The van der Waals surface area contributed by atoms with Crippen LogP contribution in [-0.4, -0.2) is 22.9 Å². The summed E-state index contributed by atoms with van der Waals surface area (Å²) in [5.41, 5.74) is 2.50. The van der Waals surface area contributed by atoms with Crippen molar-refractivity contribution < 1.29 is 9.53 Å². The first-order valence-corrected chi connectivity index (χ1v) is 5.37. The number of ether oxygens (including phenoxy) is 1. The second-order valence-electron chi connectivity index (χ2n) is 3.90. The van der Waals surface area contributed by atoms with Crippen LogP contribution in [0.15, 0.2) is 6.20 Å². The number of carbonyl (C=O) groups is 1. The lowest BCUT2D eigenvalue weighted by molar-refractivity contribution is -0.145. The van der Waals surface area contributed by atoms with Gasteiger partial charge in [0.1, 0.15) is 0 Å². The zero-order valence-electron chi connectivity index (χ0n) is 9.19. The van der Waals surface area contributed by atoms with Crippen molar-refractivity contribution in [1.82, 2.24) is 9.78 Å². The topological polar surface area (TPSA) is 44.1 Å². The molecule has 0 N–H and O–H groups in total. The van der Waals surface area contributed by atoms with Crippen molar-refractivity contribution in [2.45, 2.75) is 32.7 Å². The summed E-state index contributed by atoms with van der Waals surface area (Å²) in [6.07, 6.45) is 4.48. The van der Waals surface area contributed by atoms with Crippen LogP contribution in [0.3, 0.4) is 0 Å². The SMILES string of the molecule is CCn1ncc2c1CC[C@H](C(=O)OC)C2. The van der Waals surface area contributed by atoms with Gasteiger partial charge in [0.2, 0.25) is 0 Å². The summed E-state index contributed by atoms with van der Waals surface area (Å²) in [6, 6.07) is 0. The number of hydrogen-bond donors (Lipinski definition) is 0. The maximum absolute atomic E-state index is 11.4. The van der Waals surface area contributed by atoms with Crippen molar-refractivity contribution in [2.24, 2.45) is 5.92 Å². The highest BCUT2D eigenvalue weighted by Crippen LogP contribution is 2.26. The molecule has 4 heteroatoms. The molecule has 2 rings (SSSR count).